The van der Waals surface area contributed by atoms with Crippen molar-refractivity contribution in [3.8, 4) is 51.6 Å². The number of pyridine rings is 3. The number of cyclic esters (lactones) is 1. The van der Waals surface area contributed by atoms with E-state index in [0.717, 1.165) is 76.3 Å². The van der Waals surface area contributed by atoms with Crippen LogP contribution in [0.4, 0.5) is 0 Å². The zero-order valence-corrected chi connectivity index (χ0v) is 48.8. The minimum Gasteiger partial charge on any atom is -0.465 e. The highest BCUT2D eigenvalue weighted by atomic mass is 16.5. The van der Waals surface area contributed by atoms with E-state index in [2.05, 4.69) is 110 Å². The van der Waals surface area contributed by atoms with Crippen molar-refractivity contribution >= 4 is 36.0 Å². The normalized spacial score (nSPS) is 29.3. The van der Waals surface area contributed by atoms with E-state index in [-0.39, 0.29) is 47.5 Å². The molecule has 0 spiro atoms. The highest BCUT2D eigenvalue weighted by Crippen LogP contribution is 2.48. The Balaban J connectivity index is 0.000000140. The number of nitrogens with one attached hydrogen (secondary N) is 2. The number of nitriles is 3. The maximum atomic E-state index is 12.4. The lowest BCUT2D eigenvalue weighted by molar-refractivity contribution is -0.143. The summed E-state index contributed by atoms with van der Waals surface area (Å²) in [5.74, 6) is 5.65. The average Bonchev–Trinajstić information content (AvgIpc) is 4.41. The first-order chi connectivity index (χ1) is 40.7. The van der Waals surface area contributed by atoms with Gasteiger partial charge in [-0.1, -0.05) is 133 Å². The van der Waals surface area contributed by atoms with Crippen LogP contribution in [-0.4, -0.2) is 51.9 Å². The van der Waals surface area contributed by atoms with Gasteiger partial charge in [-0.25, -0.2) is 0 Å². The van der Waals surface area contributed by atoms with Crippen LogP contribution in [0.15, 0.2) is 146 Å². The van der Waals surface area contributed by atoms with Crippen LogP contribution in [0.1, 0.15) is 101 Å². The third kappa shape index (κ3) is 12.7. The minimum atomic E-state index is -0.0465. The van der Waals surface area contributed by atoms with Crippen LogP contribution < -0.4 is 10.6 Å². The summed E-state index contributed by atoms with van der Waals surface area (Å²) in [7, 11) is 0. The molecule has 3 saturated heterocycles. The second-order valence-corrected chi connectivity index (χ2v) is 24.4. The fraction of sp³-hybridized carbons (Fsp3) is 0.375. The van der Waals surface area contributed by atoms with E-state index < -0.39 is 0 Å². The van der Waals surface area contributed by atoms with Gasteiger partial charge in [0.05, 0.1) is 64.5 Å². The fourth-order valence-corrected chi connectivity index (χ4v) is 14.2. The van der Waals surface area contributed by atoms with Crippen molar-refractivity contribution in [2.24, 2.45) is 82.9 Å². The molecule has 0 bridgehead atoms. The SMILES string of the molecule is C[C@H]1[C@H](/C=C/c2ccc(-c3ccccc3C#N)cn2)[C@@H]2NC(=O)C[C@@H]2C[C@@H]1C.C[C@H]1[C@H](/C=C/c2ccc(-c3ccccc3C#N)cn2)[C@H]2C(=O)NC[C@H]2C[C@@H]1C.C[C@H]1[C@H](/C=C/c2ccc(-c3ccccc3C#N)cn2)[C@H]2C(=O)OC[C@H]2C[C@@H]1C. The van der Waals surface area contributed by atoms with Gasteiger partial charge in [-0.05, 0) is 133 Å². The monoisotopic (exact) mass is 1110 g/mol. The number of amides is 2. The summed E-state index contributed by atoms with van der Waals surface area (Å²) in [4.78, 5) is 50.2. The topological polar surface area (TPSA) is 195 Å². The molecule has 12 nitrogen and oxygen atoms in total. The molecular formula is C72H74N8O4. The Hall–Kier alpha value is -8.79. The van der Waals surface area contributed by atoms with E-state index in [9.17, 15) is 30.2 Å². The Kier molecular flexibility index (Phi) is 18.2. The second kappa shape index (κ2) is 26.2. The number of ether oxygens (including phenoxy) is 1. The Morgan fingerprint density at radius 3 is 1.35 bits per heavy atom. The second-order valence-electron chi connectivity index (χ2n) is 24.4. The van der Waals surface area contributed by atoms with Crippen LogP contribution in [-0.2, 0) is 19.1 Å². The summed E-state index contributed by atoms with van der Waals surface area (Å²) >= 11 is 0. The van der Waals surface area contributed by atoms with E-state index in [0.29, 0.717) is 88.9 Å². The van der Waals surface area contributed by atoms with Crippen LogP contribution in [0.2, 0.25) is 0 Å². The fourth-order valence-electron chi connectivity index (χ4n) is 14.2. The van der Waals surface area contributed by atoms with Gasteiger partial charge >= 0.3 is 5.97 Å². The van der Waals surface area contributed by atoms with E-state index >= 15 is 0 Å². The number of carbonyl (C=O) groups is 3. The molecule has 6 aliphatic rings. The molecule has 3 aromatic carbocycles. The number of hydrogen-bond donors (Lipinski definition) is 2. The predicted molar refractivity (Wildman–Crippen MR) is 328 cm³/mol. The third-order valence-corrected chi connectivity index (χ3v) is 19.5. The van der Waals surface area contributed by atoms with Gasteiger partial charge in [-0.2, -0.15) is 15.8 Å². The number of rotatable bonds is 9. The van der Waals surface area contributed by atoms with Gasteiger partial charge in [0.15, 0.2) is 0 Å². The zero-order chi connectivity index (χ0) is 59.0. The molecule has 6 fully saturated rings. The summed E-state index contributed by atoms with van der Waals surface area (Å²) in [5.41, 5.74) is 10.1. The summed E-state index contributed by atoms with van der Waals surface area (Å²) < 4.78 is 5.35. The Labute approximate surface area is 494 Å². The van der Waals surface area contributed by atoms with Crippen LogP contribution in [0.25, 0.3) is 51.6 Å². The highest BCUT2D eigenvalue weighted by Gasteiger charge is 2.49. The lowest BCUT2D eigenvalue weighted by Crippen LogP contribution is -2.44. The molecule has 6 heterocycles. The van der Waals surface area contributed by atoms with Gasteiger partial charge in [-0.3, -0.25) is 29.3 Å². The molecule has 15 atom stereocenters. The Bertz CT molecular complexity index is 3410. The number of esters is 1. The lowest BCUT2D eigenvalue weighted by Gasteiger charge is -2.40. The third-order valence-electron chi connectivity index (χ3n) is 19.5. The predicted octanol–water partition coefficient (Wildman–Crippen LogP) is 13.4. The first-order valence-electron chi connectivity index (χ1n) is 29.9. The first kappa shape index (κ1) is 58.4. The van der Waals surface area contributed by atoms with Gasteiger partial charge in [-0.15, -0.1) is 0 Å². The number of aromatic nitrogens is 3. The molecule has 84 heavy (non-hydrogen) atoms. The molecule has 3 aliphatic carbocycles. The highest BCUT2D eigenvalue weighted by molar-refractivity contribution is 5.82. The van der Waals surface area contributed by atoms with Crippen molar-refractivity contribution < 1.29 is 19.1 Å². The van der Waals surface area contributed by atoms with Gasteiger partial charge in [0, 0.05) is 88.7 Å². The van der Waals surface area contributed by atoms with Gasteiger partial charge in [0.25, 0.3) is 0 Å². The van der Waals surface area contributed by atoms with Crippen molar-refractivity contribution in [3.05, 3.63) is 180 Å². The zero-order valence-electron chi connectivity index (χ0n) is 48.8. The van der Waals surface area contributed by atoms with Crippen molar-refractivity contribution in [3.63, 3.8) is 0 Å². The van der Waals surface area contributed by atoms with Crippen LogP contribution in [0, 0.1) is 117 Å². The molecule has 12 rings (SSSR count). The van der Waals surface area contributed by atoms with Gasteiger partial charge < -0.3 is 15.4 Å². The van der Waals surface area contributed by atoms with Crippen LogP contribution in [0.5, 0.6) is 0 Å². The van der Waals surface area contributed by atoms with Gasteiger partial charge in [0.1, 0.15) is 0 Å². The molecule has 3 saturated carbocycles. The van der Waals surface area contributed by atoms with Crippen molar-refractivity contribution in [2.45, 2.75) is 73.3 Å². The molecular weight excluding hydrogens is 1040 g/mol. The summed E-state index contributed by atoms with van der Waals surface area (Å²) in [5, 5.41) is 34.1. The number of hydrogen-bond acceptors (Lipinski definition) is 10. The summed E-state index contributed by atoms with van der Waals surface area (Å²) in [6.07, 6.45) is 22.1. The average molecular weight is 1120 g/mol. The molecule has 6 aromatic rings. The number of nitrogens with zero attached hydrogens (tertiary/aromatic N) is 6. The van der Waals surface area contributed by atoms with E-state index in [4.69, 9.17) is 4.74 Å². The maximum Gasteiger partial charge on any atom is 0.309 e. The maximum absolute atomic E-state index is 12.4. The molecule has 2 N–H and O–H groups in total. The quantitative estimate of drug-likeness (QED) is 0.132. The Morgan fingerprint density at radius 1 is 0.500 bits per heavy atom. The first-order valence-corrected chi connectivity index (χ1v) is 29.9. The van der Waals surface area contributed by atoms with E-state index in [1.807, 2.05) is 134 Å². The smallest absolute Gasteiger partial charge is 0.309 e. The minimum absolute atomic E-state index is 0.0239. The summed E-state index contributed by atoms with van der Waals surface area (Å²) in [6, 6.07) is 41.5. The van der Waals surface area contributed by atoms with Crippen LogP contribution in [0.3, 0.4) is 0 Å². The lowest BCUT2D eigenvalue weighted by atomic mass is 9.64. The number of benzene rings is 3. The Morgan fingerprint density at radius 2 is 0.905 bits per heavy atom. The van der Waals surface area contributed by atoms with Gasteiger partial charge in [0.2, 0.25) is 11.8 Å². The molecule has 3 aliphatic heterocycles. The molecule has 426 valence electrons. The molecule has 12 heteroatoms. The number of fused-ring (bicyclic) bond motifs is 3. The molecule has 3 aromatic heterocycles. The number of carbonyl (C=O) groups excluding carboxylic acids is 3. The molecule has 2 amide bonds. The van der Waals surface area contributed by atoms with Crippen molar-refractivity contribution in [1.82, 2.24) is 25.6 Å². The van der Waals surface area contributed by atoms with Crippen molar-refractivity contribution in [2.75, 3.05) is 13.2 Å². The van der Waals surface area contributed by atoms with Crippen molar-refractivity contribution in [1.29, 1.82) is 15.8 Å². The number of allylic oxidation sites excluding steroid dienone is 2. The molecule has 0 radical (unpaired) electrons. The largest absolute Gasteiger partial charge is 0.465 e. The summed E-state index contributed by atoms with van der Waals surface area (Å²) in [6.45, 7) is 15.0. The van der Waals surface area contributed by atoms with E-state index in [1.165, 1.54) is 0 Å². The molecule has 0 unspecified atom stereocenters. The van der Waals surface area contributed by atoms with E-state index in [1.54, 1.807) is 6.20 Å². The standard InChI is InChI=1S/2C24H25N3O.C24H24N2O2/c1-15-11-19-12-23(28)27-24(19)21(16(15)2)10-9-20-8-7-18(14-26-20)22-6-4-3-5-17(22)13-25;1-15-11-19-14-27-24(28)23(19)21(16(15)2)10-9-20-8-7-18(13-26-20)22-6-4-3-5-17(22)12-25;1-15-11-19-14-28-24(27)23(19)21(16(15)2)10-9-20-8-7-18(13-26-20)22-6-4-3-5-17(22)12-25/h3-10,14-16,19,21,24H,11-12H2,1-2H3,(H,27,28);3-10,13,15-16,19,21,23H,11,14H2,1-2H3,(H,27,28);3-10,13,15-16,19,21,23H,11,14H2,1-2H3/b3*10-9+/t15-,16+,19-,21-,24+;2*15-,16+,19+,21-,23-/m000/s1. The van der Waals surface area contributed by atoms with Crippen LogP contribution >= 0.6 is 0 Å².